The molecule has 1 unspecified atom stereocenters. The van der Waals surface area contributed by atoms with E-state index in [1.807, 2.05) is 0 Å². The van der Waals surface area contributed by atoms with Crippen LogP contribution in [0, 0.1) is 0 Å². The summed E-state index contributed by atoms with van der Waals surface area (Å²) < 4.78 is 47.1. The summed E-state index contributed by atoms with van der Waals surface area (Å²) in [6.45, 7) is -0.331. The maximum absolute atomic E-state index is 11.6. The Morgan fingerprint density at radius 2 is 2.06 bits per heavy atom. The van der Waals surface area contributed by atoms with E-state index in [2.05, 4.69) is 20.4 Å². The van der Waals surface area contributed by atoms with Gasteiger partial charge in [-0.2, -0.15) is 15.1 Å². The van der Waals surface area contributed by atoms with E-state index < -0.39 is 47.5 Å². The second-order valence-corrected chi connectivity index (χ2v) is 13.0. The molecule has 1 aliphatic carbocycles. The number of aliphatic hydroxyl groups excluding tert-OH is 1. The summed E-state index contributed by atoms with van der Waals surface area (Å²) in [5, 5.41) is 18.9. The number of ether oxygens (including phenoxy) is 2. The van der Waals surface area contributed by atoms with Gasteiger partial charge in [0.05, 0.1) is 30.0 Å². The molecule has 4 rings (SSSR count). The molecule has 2 fully saturated rings. The first-order valence-corrected chi connectivity index (χ1v) is 14.9. The molecular formula is C18H27ClN5O8PS. The molecular weight excluding hydrogens is 513 g/mol. The lowest BCUT2D eigenvalue weighted by Crippen LogP contribution is -2.28. The third kappa shape index (κ3) is 6.05. The highest BCUT2D eigenvalue weighted by molar-refractivity contribution is 7.91. The lowest BCUT2D eigenvalue weighted by Gasteiger charge is -2.21. The highest BCUT2D eigenvalue weighted by atomic mass is 35.5. The van der Waals surface area contributed by atoms with Crippen molar-refractivity contribution >= 4 is 45.9 Å². The average Bonchev–Trinajstić information content (AvgIpc) is 3.43. The zero-order chi connectivity index (χ0) is 24.7. The normalized spacial score (nSPS) is 25.3. The largest absolute Gasteiger partial charge is 0.388 e. The average molecular weight is 540 g/mol. The molecule has 13 nitrogen and oxygen atoms in total. The lowest BCUT2D eigenvalue weighted by molar-refractivity contribution is -0.0688. The summed E-state index contributed by atoms with van der Waals surface area (Å²) in [7, 11) is -8.54. The van der Waals surface area contributed by atoms with E-state index in [4.69, 9.17) is 21.1 Å². The maximum Gasteiger partial charge on any atom is 0.355 e. The van der Waals surface area contributed by atoms with Crippen LogP contribution in [0.25, 0.3) is 11.0 Å². The summed E-state index contributed by atoms with van der Waals surface area (Å²) in [5.74, 6) is -2.12. The van der Waals surface area contributed by atoms with E-state index in [0.29, 0.717) is 16.9 Å². The van der Waals surface area contributed by atoms with Crippen LogP contribution in [-0.4, -0.2) is 85.8 Å². The molecule has 4 atom stereocenters. The van der Waals surface area contributed by atoms with Crippen LogP contribution in [0.15, 0.2) is 6.20 Å². The van der Waals surface area contributed by atoms with Gasteiger partial charge in [0.1, 0.15) is 11.9 Å². The highest BCUT2D eigenvalue weighted by Gasteiger charge is 2.40. The topological polar surface area (TPSA) is 186 Å². The second kappa shape index (κ2) is 9.94. The van der Waals surface area contributed by atoms with Crippen LogP contribution in [0.3, 0.4) is 0 Å². The number of nitrogens with zero attached hydrogens (tertiary/aromatic N) is 4. The first-order chi connectivity index (χ1) is 15.9. The van der Waals surface area contributed by atoms with Crippen molar-refractivity contribution in [1.29, 1.82) is 0 Å². The van der Waals surface area contributed by atoms with Gasteiger partial charge in [-0.25, -0.2) is 13.1 Å². The molecule has 0 aromatic carbocycles. The molecule has 0 amide bonds. The Morgan fingerprint density at radius 1 is 1.35 bits per heavy atom. The molecule has 0 bridgehead atoms. The Kier molecular flexibility index (Phi) is 7.51. The van der Waals surface area contributed by atoms with Gasteiger partial charge in [0, 0.05) is 18.7 Å². The van der Waals surface area contributed by atoms with Gasteiger partial charge in [0.2, 0.25) is 5.28 Å². The first kappa shape index (κ1) is 25.7. The SMILES string of the molecule is CS(=O)(=O)CC(OC[C@@H]1C[C@@H](O)[C@H](n2ncc3c(NC4CCCC4)nc(Cl)nc32)O1)P(=O)(O)O. The summed E-state index contributed by atoms with van der Waals surface area (Å²) in [5.41, 5.74) is 0.358. The Hall–Kier alpha value is -1.38. The molecule has 3 heterocycles. The molecule has 2 aromatic heterocycles. The third-order valence-electron chi connectivity index (χ3n) is 5.82. The summed E-state index contributed by atoms with van der Waals surface area (Å²) in [6, 6.07) is 0.279. The molecule has 2 aromatic rings. The van der Waals surface area contributed by atoms with Crippen molar-refractivity contribution in [1.82, 2.24) is 19.7 Å². The lowest BCUT2D eigenvalue weighted by atomic mass is 10.2. The van der Waals surface area contributed by atoms with Gasteiger partial charge in [0.15, 0.2) is 27.6 Å². The van der Waals surface area contributed by atoms with E-state index in [1.165, 1.54) is 4.68 Å². The van der Waals surface area contributed by atoms with Crippen LogP contribution in [0.2, 0.25) is 5.28 Å². The summed E-state index contributed by atoms with van der Waals surface area (Å²) in [4.78, 5) is 27.4. The minimum atomic E-state index is -4.84. The fourth-order valence-corrected chi connectivity index (χ4v) is 6.88. The molecule has 16 heteroatoms. The minimum absolute atomic E-state index is 0.00683. The van der Waals surface area contributed by atoms with Crippen molar-refractivity contribution < 1.29 is 37.3 Å². The fourth-order valence-electron chi connectivity index (χ4n) is 4.24. The van der Waals surface area contributed by atoms with E-state index in [0.717, 1.165) is 31.9 Å². The molecule has 0 radical (unpaired) electrons. The predicted octanol–water partition coefficient (Wildman–Crippen LogP) is 1.05. The van der Waals surface area contributed by atoms with E-state index in [9.17, 15) is 27.9 Å². The van der Waals surface area contributed by atoms with Crippen molar-refractivity contribution in [3.8, 4) is 0 Å². The first-order valence-electron chi connectivity index (χ1n) is 10.8. The molecule has 34 heavy (non-hydrogen) atoms. The maximum atomic E-state index is 11.6. The van der Waals surface area contributed by atoms with Crippen molar-refractivity contribution in [3.05, 3.63) is 11.5 Å². The second-order valence-electron chi connectivity index (χ2n) is 8.71. The van der Waals surface area contributed by atoms with Gasteiger partial charge >= 0.3 is 7.60 Å². The predicted molar refractivity (Wildman–Crippen MR) is 122 cm³/mol. The quantitative estimate of drug-likeness (QED) is 0.262. The molecule has 1 saturated carbocycles. The van der Waals surface area contributed by atoms with Crippen molar-refractivity contribution in [2.24, 2.45) is 0 Å². The Bertz CT molecular complexity index is 1180. The molecule has 4 N–H and O–H groups in total. The van der Waals surface area contributed by atoms with Crippen LogP contribution < -0.4 is 5.32 Å². The Labute approximate surface area is 200 Å². The van der Waals surface area contributed by atoms with Crippen LogP contribution >= 0.6 is 19.2 Å². The number of aromatic nitrogens is 4. The van der Waals surface area contributed by atoms with Crippen LogP contribution in [0.4, 0.5) is 5.82 Å². The number of anilines is 1. The number of hydrogen-bond donors (Lipinski definition) is 4. The van der Waals surface area contributed by atoms with E-state index in [1.54, 1.807) is 6.20 Å². The number of hydrogen-bond acceptors (Lipinski definition) is 10. The van der Waals surface area contributed by atoms with Gasteiger partial charge < -0.3 is 29.7 Å². The molecule has 190 valence electrons. The van der Waals surface area contributed by atoms with Gasteiger partial charge in [-0.15, -0.1) is 0 Å². The van der Waals surface area contributed by atoms with Crippen LogP contribution in [0.1, 0.15) is 38.3 Å². The number of nitrogens with one attached hydrogen (secondary N) is 1. The minimum Gasteiger partial charge on any atom is -0.388 e. The number of sulfone groups is 1. The monoisotopic (exact) mass is 539 g/mol. The summed E-state index contributed by atoms with van der Waals surface area (Å²) >= 11 is 6.14. The van der Waals surface area contributed by atoms with E-state index in [-0.39, 0.29) is 24.4 Å². The molecule has 1 saturated heterocycles. The third-order valence-corrected chi connectivity index (χ3v) is 8.23. The van der Waals surface area contributed by atoms with Gasteiger partial charge in [-0.3, -0.25) is 4.57 Å². The number of rotatable bonds is 9. The van der Waals surface area contributed by atoms with Crippen molar-refractivity contribution in [3.63, 3.8) is 0 Å². The zero-order valence-corrected chi connectivity index (χ0v) is 20.8. The standard InChI is InChI=1S/C18H27ClN5O8PS/c1-34(29,30)9-14(33(26,27)28)31-8-11-6-13(25)17(32-11)24-16-12(7-20-24)15(22-18(19)23-16)21-10-4-2-3-5-10/h7,10-11,13-14,17,25H,2-6,8-9H2,1H3,(H,21,22,23)(H2,26,27,28)/t11-,13+,14?,17+/m0/s1. The highest BCUT2D eigenvalue weighted by Crippen LogP contribution is 2.43. The number of halogens is 1. The van der Waals surface area contributed by atoms with Crippen LogP contribution in [0.5, 0.6) is 0 Å². The number of fused-ring (bicyclic) bond motifs is 1. The Balaban J connectivity index is 1.49. The molecule has 1 aliphatic heterocycles. The Morgan fingerprint density at radius 3 is 2.71 bits per heavy atom. The van der Waals surface area contributed by atoms with Crippen molar-refractivity contribution in [2.45, 2.75) is 62.4 Å². The molecule has 0 spiro atoms. The van der Waals surface area contributed by atoms with Crippen molar-refractivity contribution in [2.75, 3.05) is 23.9 Å². The van der Waals surface area contributed by atoms with E-state index >= 15 is 0 Å². The smallest absolute Gasteiger partial charge is 0.355 e. The molecule has 2 aliphatic rings. The van der Waals surface area contributed by atoms with Gasteiger partial charge in [0.25, 0.3) is 0 Å². The van der Waals surface area contributed by atoms with Crippen LogP contribution in [-0.2, 0) is 23.9 Å². The fraction of sp³-hybridized carbons (Fsp3) is 0.722. The summed E-state index contributed by atoms with van der Waals surface area (Å²) in [6.07, 6.45) is 4.06. The number of aliphatic hydroxyl groups is 1. The van der Waals surface area contributed by atoms with Gasteiger partial charge in [-0.1, -0.05) is 12.8 Å². The zero-order valence-electron chi connectivity index (χ0n) is 18.3. The van der Waals surface area contributed by atoms with Gasteiger partial charge in [-0.05, 0) is 24.4 Å².